The van der Waals surface area contributed by atoms with Crippen LogP contribution in [0.15, 0.2) is 30.6 Å². The highest BCUT2D eigenvalue weighted by Gasteiger charge is 2.30. The van der Waals surface area contributed by atoms with Crippen LogP contribution in [0.1, 0.15) is 42.6 Å². The van der Waals surface area contributed by atoms with E-state index in [4.69, 9.17) is 14.2 Å². The number of hydrogen-bond acceptors (Lipinski definition) is 7. The van der Waals surface area contributed by atoms with Gasteiger partial charge in [0.1, 0.15) is 35.1 Å². The van der Waals surface area contributed by atoms with E-state index in [0.717, 1.165) is 12.8 Å². The molecule has 1 aliphatic carbocycles. The summed E-state index contributed by atoms with van der Waals surface area (Å²) in [6, 6.07) is 6.82. The number of nitrogens with zero attached hydrogens (tertiary/aromatic N) is 3. The molecule has 2 N–H and O–H groups in total. The van der Waals surface area contributed by atoms with Crippen molar-refractivity contribution in [3.8, 4) is 34.6 Å². The quantitative estimate of drug-likeness (QED) is 0.436. The van der Waals surface area contributed by atoms with Crippen LogP contribution in [-0.2, 0) is 5.41 Å². The van der Waals surface area contributed by atoms with Gasteiger partial charge in [-0.2, -0.15) is 14.0 Å². The van der Waals surface area contributed by atoms with Crippen molar-refractivity contribution in [1.82, 2.24) is 14.7 Å². The second kappa shape index (κ2) is 9.99. The zero-order valence-electron chi connectivity index (χ0n) is 20.0. The molecule has 1 aliphatic rings. The van der Waals surface area contributed by atoms with Crippen molar-refractivity contribution in [2.75, 3.05) is 20.3 Å². The minimum Gasteiger partial charge on any atom is -0.496 e. The van der Waals surface area contributed by atoms with Gasteiger partial charge in [-0.25, -0.2) is 4.98 Å². The van der Waals surface area contributed by atoms with Gasteiger partial charge >= 0.3 is 6.61 Å². The fourth-order valence-corrected chi connectivity index (χ4v) is 3.83. The van der Waals surface area contributed by atoms with E-state index in [1.165, 1.54) is 19.4 Å². The Kier molecular flexibility index (Phi) is 6.99. The maximum absolute atomic E-state index is 13.3. The van der Waals surface area contributed by atoms with Gasteiger partial charge in [-0.3, -0.25) is 9.20 Å². The van der Waals surface area contributed by atoms with E-state index in [0.29, 0.717) is 28.2 Å². The van der Waals surface area contributed by atoms with Gasteiger partial charge in [-0.15, -0.1) is 0 Å². The number of rotatable bonds is 10. The van der Waals surface area contributed by atoms with Crippen molar-refractivity contribution in [2.24, 2.45) is 0 Å². The number of benzene rings is 1. The summed E-state index contributed by atoms with van der Waals surface area (Å²) in [5, 5.41) is 21.7. The summed E-state index contributed by atoms with van der Waals surface area (Å²) in [7, 11) is 1.34. The maximum atomic E-state index is 13.3. The Morgan fingerprint density at radius 1 is 1.31 bits per heavy atom. The molecule has 0 saturated heterocycles. The fraction of sp³-hybridized carbons (Fsp3) is 0.400. The van der Waals surface area contributed by atoms with Crippen LogP contribution in [0, 0.1) is 11.3 Å². The van der Waals surface area contributed by atoms with Crippen LogP contribution in [0.5, 0.6) is 17.2 Å². The number of aromatic nitrogens is 2. The Balaban J connectivity index is 1.87. The molecule has 2 aromatic heterocycles. The van der Waals surface area contributed by atoms with Crippen molar-refractivity contribution >= 4 is 11.6 Å². The van der Waals surface area contributed by atoms with Crippen LogP contribution in [0.3, 0.4) is 0 Å². The van der Waals surface area contributed by atoms with E-state index in [2.05, 4.69) is 16.4 Å². The van der Waals surface area contributed by atoms with E-state index in [1.54, 1.807) is 36.6 Å². The van der Waals surface area contributed by atoms with Gasteiger partial charge in [0.05, 0.1) is 43.3 Å². The third kappa shape index (κ3) is 5.04. The average molecular weight is 501 g/mol. The lowest BCUT2D eigenvalue weighted by Gasteiger charge is -2.21. The first-order chi connectivity index (χ1) is 17.2. The SMILES string of the molecule is COc1cc(-c2cnc3cc(C(C)(C)C#N)c(OCCO)cn23)cc(OC(F)F)c1C(=O)NC1CC1. The molecule has 0 atom stereocenters. The fourth-order valence-electron chi connectivity index (χ4n) is 3.83. The Morgan fingerprint density at radius 3 is 2.64 bits per heavy atom. The van der Waals surface area contributed by atoms with Gasteiger partial charge in [0.2, 0.25) is 0 Å². The van der Waals surface area contributed by atoms with Crippen LogP contribution in [-0.4, -0.2) is 53.4 Å². The molecular formula is C25H26F2N4O5. The highest BCUT2D eigenvalue weighted by Crippen LogP contribution is 2.38. The van der Waals surface area contributed by atoms with E-state index >= 15 is 0 Å². The van der Waals surface area contributed by atoms with Crippen molar-refractivity contribution in [3.63, 3.8) is 0 Å². The molecule has 2 heterocycles. The van der Waals surface area contributed by atoms with E-state index in [1.807, 2.05) is 0 Å². The third-order valence-electron chi connectivity index (χ3n) is 5.85. The number of hydrogen-bond donors (Lipinski definition) is 2. The number of fused-ring (bicyclic) bond motifs is 1. The predicted molar refractivity (Wildman–Crippen MR) is 126 cm³/mol. The Morgan fingerprint density at radius 2 is 2.03 bits per heavy atom. The molecule has 0 aliphatic heterocycles. The number of carbonyl (C=O) groups is 1. The topological polar surface area (TPSA) is 118 Å². The highest BCUT2D eigenvalue weighted by molar-refractivity contribution is 6.01. The Bertz CT molecular complexity index is 1330. The van der Waals surface area contributed by atoms with Crippen molar-refractivity contribution in [3.05, 3.63) is 41.7 Å². The zero-order chi connectivity index (χ0) is 26.0. The summed E-state index contributed by atoms with van der Waals surface area (Å²) in [6.07, 6.45) is 4.79. The van der Waals surface area contributed by atoms with E-state index in [9.17, 15) is 23.9 Å². The van der Waals surface area contributed by atoms with Gasteiger partial charge in [-0.1, -0.05) is 0 Å². The molecule has 1 saturated carbocycles. The van der Waals surface area contributed by atoms with Crippen molar-refractivity contribution < 1.29 is 32.9 Å². The third-order valence-corrected chi connectivity index (χ3v) is 5.85. The van der Waals surface area contributed by atoms with Gasteiger partial charge in [0, 0.05) is 17.2 Å². The number of alkyl halides is 2. The van der Waals surface area contributed by atoms with Gasteiger partial charge in [0.25, 0.3) is 5.91 Å². The monoisotopic (exact) mass is 500 g/mol. The van der Waals surface area contributed by atoms with Crippen LogP contribution in [0.25, 0.3) is 16.9 Å². The smallest absolute Gasteiger partial charge is 0.387 e. The van der Waals surface area contributed by atoms with E-state index < -0.39 is 17.9 Å². The van der Waals surface area contributed by atoms with Crippen LogP contribution < -0.4 is 19.5 Å². The number of halogens is 2. The first-order valence-electron chi connectivity index (χ1n) is 11.3. The molecule has 36 heavy (non-hydrogen) atoms. The molecule has 0 bridgehead atoms. The molecule has 0 radical (unpaired) electrons. The first-order valence-corrected chi connectivity index (χ1v) is 11.3. The minimum atomic E-state index is -3.16. The Labute approximate surface area is 206 Å². The van der Waals surface area contributed by atoms with Gasteiger partial charge < -0.3 is 24.6 Å². The number of carbonyl (C=O) groups excluding carboxylic acids is 1. The second-order valence-corrected chi connectivity index (χ2v) is 8.91. The molecule has 3 aromatic rings. The number of methoxy groups -OCH3 is 1. The molecule has 9 nitrogen and oxygen atoms in total. The normalized spacial score (nSPS) is 13.5. The summed E-state index contributed by atoms with van der Waals surface area (Å²) < 4.78 is 44.1. The number of aliphatic hydroxyl groups excluding tert-OH is 1. The number of imidazole rings is 1. The number of ether oxygens (including phenoxy) is 3. The minimum absolute atomic E-state index is 0.00394. The van der Waals surface area contributed by atoms with Crippen molar-refractivity contribution in [1.29, 1.82) is 5.26 Å². The summed E-state index contributed by atoms with van der Waals surface area (Å²) in [4.78, 5) is 17.2. The number of pyridine rings is 1. The summed E-state index contributed by atoms with van der Waals surface area (Å²) in [5.74, 6) is -0.460. The molecular weight excluding hydrogens is 474 g/mol. The number of nitriles is 1. The summed E-state index contributed by atoms with van der Waals surface area (Å²) >= 11 is 0. The lowest BCUT2D eigenvalue weighted by molar-refractivity contribution is -0.0502. The molecule has 1 aromatic carbocycles. The van der Waals surface area contributed by atoms with E-state index in [-0.39, 0.29) is 36.3 Å². The number of aliphatic hydroxyl groups is 1. The van der Waals surface area contributed by atoms with Crippen molar-refractivity contribution in [2.45, 2.75) is 44.8 Å². The summed E-state index contributed by atoms with van der Waals surface area (Å²) in [6.45, 7) is 0.0952. The standard InChI is InChI=1S/C25H26F2N4O5/c1-25(2,13-28)16-10-21-29-11-17(31(21)12-20(16)35-7-6-32)14-8-18(34-3)22(19(9-14)36-24(26)27)23(33)30-15-4-5-15/h8-12,15,24,32H,4-7H2,1-3H3,(H,30,33). The molecule has 190 valence electrons. The molecule has 0 unspecified atom stereocenters. The molecule has 1 amide bonds. The predicted octanol–water partition coefficient (Wildman–Crippen LogP) is 3.68. The average Bonchev–Trinajstić information content (AvgIpc) is 3.56. The lowest BCUT2D eigenvalue weighted by atomic mass is 9.86. The maximum Gasteiger partial charge on any atom is 0.387 e. The summed E-state index contributed by atoms with van der Waals surface area (Å²) in [5.41, 5.74) is 0.911. The molecule has 4 rings (SSSR count). The van der Waals surface area contributed by atoms with Crippen LogP contribution in [0.4, 0.5) is 8.78 Å². The molecule has 11 heteroatoms. The zero-order valence-corrected chi connectivity index (χ0v) is 20.0. The Hall–Kier alpha value is -3.91. The lowest BCUT2D eigenvalue weighted by Crippen LogP contribution is -2.26. The molecule has 0 spiro atoms. The van der Waals surface area contributed by atoms with Crippen LogP contribution >= 0.6 is 0 Å². The molecule has 1 fully saturated rings. The van der Waals surface area contributed by atoms with Crippen LogP contribution in [0.2, 0.25) is 0 Å². The number of nitrogens with one attached hydrogen (secondary N) is 1. The van der Waals surface area contributed by atoms with Gasteiger partial charge in [0.15, 0.2) is 0 Å². The number of amides is 1. The first kappa shape index (κ1) is 25.2. The largest absolute Gasteiger partial charge is 0.496 e. The highest BCUT2D eigenvalue weighted by atomic mass is 19.3. The second-order valence-electron chi connectivity index (χ2n) is 8.91. The van der Waals surface area contributed by atoms with Gasteiger partial charge in [-0.05, 0) is 44.9 Å².